The number of halogens is 1. The summed E-state index contributed by atoms with van der Waals surface area (Å²) in [5, 5.41) is 1.73. The summed E-state index contributed by atoms with van der Waals surface area (Å²) in [5.41, 5.74) is 0. The number of hydrogen-bond acceptors (Lipinski definition) is 3. The summed E-state index contributed by atoms with van der Waals surface area (Å²) in [4.78, 5) is 18.8. The molecule has 2 heterocycles. The van der Waals surface area contributed by atoms with E-state index in [0.29, 0.717) is 12.3 Å². The third-order valence-corrected chi connectivity index (χ3v) is 4.11. The molecule has 0 spiro atoms. The summed E-state index contributed by atoms with van der Waals surface area (Å²) in [6, 6.07) is 0. The van der Waals surface area contributed by atoms with Crippen molar-refractivity contribution >= 4 is 38.3 Å². The summed E-state index contributed by atoms with van der Waals surface area (Å²) in [6.45, 7) is 2.81. The molecule has 0 aromatic carbocycles. The van der Waals surface area contributed by atoms with Crippen LogP contribution in [0.15, 0.2) is 6.20 Å². The zero-order chi connectivity index (χ0) is 10.1. The molecule has 1 amide bonds. The standard InChI is InChI=1S/C9H11BrN2OS/c1-6-4-11-9(14-6)12-5-7(3-10)2-8(12)13/h4,7H,2-3,5H2,1H3. The minimum atomic E-state index is 0.198. The molecule has 1 aromatic heterocycles. The molecule has 76 valence electrons. The van der Waals surface area contributed by atoms with Crippen molar-refractivity contribution in [1.29, 1.82) is 0 Å². The van der Waals surface area contributed by atoms with Crippen LogP contribution in [0, 0.1) is 12.8 Å². The van der Waals surface area contributed by atoms with Gasteiger partial charge in [0.2, 0.25) is 5.91 Å². The SMILES string of the molecule is Cc1cnc(N2CC(CBr)CC2=O)s1. The highest BCUT2D eigenvalue weighted by atomic mass is 79.9. The van der Waals surface area contributed by atoms with Crippen LogP contribution in [0.3, 0.4) is 0 Å². The second-order valence-electron chi connectivity index (χ2n) is 3.48. The van der Waals surface area contributed by atoms with Crippen LogP contribution in [0.25, 0.3) is 0 Å². The molecule has 1 aromatic rings. The van der Waals surface area contributed by atoms with Crippen LogP contribution >= 0.6 is 27.3 Å². The molecule has 0 bridgehead atoms. The highest BCUT2D eigenvalue weighted by Crippen LogP contribution is 2.29. The molecule has 2 rings (SSSR count). The van der Waals surface area contributed by atoms with Gasteiger partial charge in [0.15, 0.2) is 5.13 Å². The molecule has 1 aliphatic heterocycles. The fourth-order valence-electron chi connectivity index (χ4n) is 1.54. The molecule has 1 fully saturated rings. The summed E-state index contributed by atoms with van der Waals surface area (Å²) >= 11 is 4.99. The first-order chi connectivity index (χ1) is 6.70. The van der Waals surface area contributed by atoms with Gasteiger partial charge < -0.3 is 0 Å². The number of aryl methyl sites for hydroxylation is 1. The van der Waals surface area contributed by atoms with Gasteiger partial charge in [0.05, 0.1) is 0 Å². The van der Waals surface area contributed by atoms with Crippen molar-refractivity contribution in [1.82, 2.24) is 4.98 Å². The van der Waals surface area contributed by atoms with Crippen molar-refractivity contribution in [3.8, 4) is 0 Å². The van der Waals surface area contributed by atoms with Gasteiger partial charge in [0, 0.05) is 29.4 Å². The molecule has 3 nitrogen and oxygen atoms in total. The maximum atomic E-state index is 11.6. The largest absolute Gasteiger partial charge is 0.288 e. The lowest BCUT2D eigenvalue weighted by atomic mass is 10.2. The Labute approximate surface area is 95.3 Å². The number of thiazole rings is 1. The Bertz CT molecular complexity index is 352. The van der Waals surface area contributed by atoms with Gasteiger partial charge in [0.1, 0.15) is 0 Å². The Hall–Kier alpha value is -0.420. The zero-order valence-corrected chi connectivity index (χ0v) is 10.3. The first-order valence-corrected chi connectivity index (χ1v) is 6.43. The van der Waals surface area contributed by atoms with Gasteiger partial charge in [0.25, 0.3) is 0 Å². The number of carbonyl (C=O) groups excluding carboxylic acids is 1. The predicted molar refractivity (Wildman–Crippen MR) is 61.1 cm³/mol. The lowest BCUT2D eigenvalue weighted by Gasteiger charge is -2.11. The maximum absolute atomic E-state index is 11.6. The fourth-order valence-corrected chi connectivity index (χ4v) is 2.76. The lowest BCUT2D eigenvalue weighted by Crippen LogP contribution is -2.24. The van der Waals surface area contributed by atoms with E-state index in [9.17, 15) is 4.79 Å². The zero-order valence-electron chi connectivity index (χ0n) is 7.86. The van der Waals surface area contributed by atoms with Gasteiger partial charge in [-0.25, -0.2) is 4.98 Å². The molecule has 0 saturated carbocycles. The van der Waals surface area contributed by atoms with Crippen LogP contribution in [-0.4, -0.2) is 22.8 Å². The normalized spacial score (nSPS) is 22.0. The molecule has 1 unspecified atom stereocenters. The average molecular weight is 275 g/mol. The average Bonchev–Trinajstić information content (AvgIpc) is 2.71. The first-order valence-electron chi connectivity index (χ1n) is 4.49. The highest BCUT2D eigenvalue weighted by molar-refractivity contribution is 9.09. The monoisotopic (exact) mass is 274 g/mol. The topological polar surface area (TPSA) is 33.2 Å². The van der Waals surface area contributed by atoms with Crippen molar-refractivity contribution in [2.45, 2.75) is 13.3 Å². The smallest absolute Gasteiger partial charge is 0.229 e. The second-order valence-corrected chi connectivity index (χ2v) is 5.34. The molecule has 1 atom stereocenters. The number of aromatic nitrogens is 1. The number of amides is 1. The summed E-state index contributed by atoms with van der Waals surface area (Å²) in [7, 11) is 0. The Morgan fingerprint density at radius 1 is 1.79 bits per heavy atom. The number of rotatable bonds is 2. The fraction of sp³-hybridized carbons (Fsp3) is 0.556. The van der Waals surface area contributed by atoms with E-state index >= 15 is 0 Å². The van der Waals surface area contributed by atoms with E-state index in [2.05, 4.69) is 20.9 Å². The van der Waals surface area contributed by atoms with Crippen LogP contribution < -0.4 is 4.90 Å². The minimum Gasteiger partial charge on any atom is -0.288 e. The molecular formula is C9H11BrN2OS. The molecule has 0 aliphatic carbocycles. The van der Waals surface area contributed by atoms with Crippen LogP contribution in [0.1, 0.15) is 11.3 Å². The Morgan fingerprint density at radius 2 is 2.57 bits per heavy atom. The van der Waals surface area contributed by atoms with E-state index < -0.39 is 0 Å². The molecule has 14 heavy (non-hydrogen) atoms. The quantitative estimate of drug-likeness (QED) is 0.775. The van der Waals surface area contributed by atoms with E-state index in [0.717, 1.165) is 21.9 Å². The number of carbonyl (C=O) groups is 1. The van der Waals surface area contributed by atoms with Gasteiger partial charge in [-0.1, -0.05) is 15.9 Å². The van der Waals surface area contributed by atoms with Gasteiger partial charge in [-0.3, -0.25) is 9.69 Å². The Morgan fingerprint density at radius 3 is 3.07 bits per heavy atom. The number of nitrogens with zero attached hydrogens (tertiary/aromatic N) is 2. The number of hydrogen-bond donors (Lipinski definition) is 0. The minimum absolute atomic E-state index is 0.198. The van der Waals surface area contributed by atoms with Gasteiger partial charge in [-0.15, -0.1) is 11.3 Å². The molecule has 1 saturated heterocycles. The van der Waals surface area contributed by atoms with Crippen molar-refractivity contribution in [2.75, 3.05) is 16.8 Å². The van der Waals surface area contributed by atoms with Gasteiger partial charge >= 0.3 is 0 Å². The second kappa shape index (κ2) is 3.98. The van der Waals surface area contributed by atoms with E-state index in [4.69, 9.17) is 0 Å². The third-order valence-electron chi connectivity index (χ3n) is 2.26. The summed E-state index contributed by atoms with van der Waals surface area (Å²) in [6.07, 6.45) is 2.46. The van der Waals surface area contributed by atoms with Crippen molar-refractivity contribution < 1.29 is 4.79 Å². The Balaban J connectivity index is 2.16. The van der Waals surface area contributed by atoms with E-state index in [1.54, 1.807) is 16.2 Å². The number of alkyl halides is 1. The van der Waals surface area contributed by atoms with Gasteiger partial charge in [-0.2, -0.15) is 0 Å². The van der Waals surface area contributed by atoms with E-state index in [1.165, 1.54) is 0 Å². The van der Waals surface area contributed by atoms with E-state index in [1.807, 2.05) is 13.1 Å². The molecule has 0 N–H and O–H groups in total. The highest BCUT2D eigenvalue weighted by Gasteiger charge is 2.31. The molecule has 5 heteroatoms. The maximum Gasteiger partial charge on any atom is 0.229 e. The van der Waals surface area contributed by atoms with Crippen LogP contribution in [-0.2, 0) is 4.79 Å². The third kappa shape index (κ3) is 1.83. The molecule has 1 aliphatic rings. The summed E-state index contributed by atoms with van der Waals surface area (Å²) in [5.74, 6) is 0.635. The van der Waals surface area contributed by atoms with Crippen LogP contribution in [0.2, 0.25) is 0 Å². The van der Waals surface area contributed by atoms with Crippen LogP contribution in [0.4, 0.5) is 5.13 Å². The van der Waals surface area contributed by atoms with E-state index in [-0.39, 0.29) is 5.91 Å². The van der Waals surface area contributed by atoms with Crippen molar-refractivity contribution in [3.63, 3.8) is 0 Å². The first kappa shape index (κ1) is 10.1. The molecular weight excluding hydrogens is 264 g/mol. The van der Waals surface area contributed by atoms with Gasteiger partial charge in [-0.05, 0) is 12.8 Å². The lowest BCUT2D eigenvalue weighted by molar-refractivity contribution is -0.117. The van der Waals surface area contributed by atoms with Crippen molar-refractivity contribution in [3.05, 3.63) is 11.1 Å². The number of anilines is 1. The predicted octanol–water partition coefficient (Wildman–Crippen LogP) is 2.20. The summed E-state index contributed by atoms with van der Waals surface area (Å²) < 4.78 is 0. The van der Waals surface area contributed by atoms with Crippen molar-refractivity contribution in [2.24, 2.45) is 5.92 Å². The van der Waals surface area contributed by atoms with Crippen LogP contribution in [0.5, 0.6) is 0 Å². The molecule has 0 radical (unpaired) electrons. The Kier molecular flexibility index (Phi) is 2.88.